The van der Waals surface area contributed by atoms with E-state index in [9.17, 15) is 0 Å². The van der Waals surface area contributed by atoms with E-state index in [1.807, 2.05) is 42.5 Å². The fourth-order valence-corrected chi connectivity index (χ4v) is 2.26. The van der Waals surface area contributed by atoms with E-state index in [4.69, 9.17) is 9.47 Å². The van der Waals surface area contributed by atoms with Crippen LogP contribution in [0.3, 0.4) is 0 Å². The summed E-state index contributed by atoms with van der Waals surface area (Å²) in [4.78, 5) is 0. The van der Waals surface area contributed by atoms with Gasteiger partial charge in [0.2, 0.25) is 0 Å². The van der Waals surface area contributed by atoms with Crippen LogP contribution in [0.1, 0.15) is 5.56 Å². The molecule has 0 aromatic heterocycles. The molecule has 0 aliphatic heterocycles. The summed E-state index contributed by atoms with van der Waals surface area (Å²) in [6.07, 6.45) is 0. The minimum atomic E-state index is 0.602. The third kappa shape index (κ3) is 4.25. The predicted octanol–water partition coefficient (Wildman–Crippen LogP) is 3.63. The van der Waals surface area contributed by atoms with Crippen LogP contribution in [0.4, 0.5) is 0 Å². The first-order valence-corrected chi connectivity index (χ1v) is 7.30. The van der Waals surface area contributed by atoms with Crippen LogP contribution in [0.15, 0.2) is 53.0 Å². The summed E-state index contributed by atoms with van der Waals surface area (Å²) in [6, 6.07) is 15.9. The number of hydrogen-bond acceptors (Lipinski definition) is 3. The molecule has 0 atom stereocenters. The highest BCUT2D eigenvalue weighted by atomic mass is 79.9. The Hall–Kier alpha value is -1.52. The van der Waals surface area contributed by atoms with Crippen molar-refractivity contribution in [2.75, 3.05) is 20.3 Å². The molecule has 2 aromatic rings. The molecule has 106 valence electrons. The minimum Gasteiger partial charge on any atom is -0.493 e. The summed E-state index contributed by atoms with van der Waals surface area (Å²) in [5.41, 5.74) is 1.24. The van der Waals surface area contributed by atoms with Crippen molar-refractivity contribution in [3.63, 3.8) is 0 Å². The van der Waals surface area contributed by atoms with E-state index >= 15 is 0 Å². The Labute approximate surface area is 128 Å². The molecule has 20 heavy (non-hydrogen) atoms. The maximum Gasteiger partial charge on any atom is 0.161 e. The molecule has 0 saturated heterocycles. The predicted molar refractivity (Wildman–Crippen MR) is 84.3 cm³/mol. The highest BCUT2D eigenvalue weighted by Gasteiger charge is 2.02. The number of nitrogens with one attached hydrogen (secondary N) is 1. The molecule has 0 fully saturated rings. The van der Waals surface area contributed by atoms with Gasteiger partial charge in [-0.3, -0.25) is 0 Å². The van der Waals surface area contributed by atoms with Crippen molar-refractivity contribution in [3.05, 3.63) is 58.6 Å². The lowest BCUT2D eigenvalue weighted by Gasteiger charge is -2.11. The normalized spacial score (nSPS) is 10.3. The van der Waals surface area contributed by atoms with Crippen LogP contribution in [0.2, 0.25) is 0 Å². The summed E-state index contributed by atoms with van der Waals surface area (Å²) in [5.74, 6) is 1.54. The van der Waals surface area contributed by atoms with Crippen molar-refractivity contribution in [1.29, 1.82) is 0 Å². The fraction of sp³-hybridized carbons (Fsp3) is 0.250. The van der Waals surface area contributed by atoms with Gasteiger partial charge in [-0.05, 0) is 23.8 Å². The van der Waals surface area contributed by atoms with E-state index < -0.39 is 0 Å². The smallest absolute Gasteiger partial charge is 0.161 e. The van der Waals surface area contributed by atoms with E-state index in [1.54, 1.807) is 7.11 Å². The molecule has 0 spiro atoms. The zero-order chi connectivity index (χ0) is 14.2. The molecule has 1 N–H and O–H groups in total. The number of para-hydroxylation sites is 2. The number of ether oxygens (including phenoxy) is 2. The van der Waals surface area contributed by atoms with E-state index in [2.05, 4.69) is 27.3 Å². The van der Waals surface area contributed by atoms with Gasteiger partial charge in [-0.25, -0.2) is 0 Å². The molecule has 2 rings (SSSR count). The molecule has 4 heteroatoms. The van der Waals surface area contributed by atoms with Gasteiger partial charge in [0.25, 0.3) is 0 Å². The fourth-order valence-electron chi connectivity index (χ4n) is 1.84. The van der Waals surface area contributed by atoms with Gasteiger partial charge in [0.1, 0.15) is 6.61 Å². The largest absolute Gasteiger partial charge is 0.493 e. The molecule has 0 aliphatic carbocycles. The van der Waals surface area contributed by atoms with Gasteiger partial charge in [0, 0.05) is 17.6 Å². The van der Waals surface area contributed by atoms with Gasteiger partial charge in [-0.2, -0.15) is 0 Å². The third-order valence-corrected chi connectivity index (χ3v) is 3.65. The zero-order valence-corrected chi connectivity index (χ0v) is 13.0. The van der Waals surface area contributed by atoms with E-state index in [0.29, 0.717) is 6.61 Å². The highest BCUT2D eigenvalue weighted by molar-refractivity contribution is 9.10. The molecule has 0 radical (unpaired) electrons. The van der Waals surface area contributed by atoms with Crippen molar-refractivity contribution in [1.82, 2.24) is 5.32 Å². The molecule has 0 unspecified atom stereocenters. The first-order chi connectivity index (χ1) is 9.81. The highest BCUT2D eigenvalue weighted by Crippen LogP contribution is 2.25. The maximum absolute atomic E-state index is 5.70. The molecule has 3 nitrogen and oxygen atoms in total. The van der Waals surface area contributed by atoms with Crippen LogP contribution in [-0.4, -0.2) is 20.3 Å². The lowest BCUT2D eigenvalue weighted by Crippen LogP contribution is -2.20. The van der Waals surface area contributed by atoms with Gasteiger partial charge >= 0.3 is 0 Å². The Bertz CT molecular complexity index is 546. The Balaban J connectivity index is 1.73. The quantitative estimate of drug-likeness (QED) is 0.784. The van der Waals surface area contributed by atoms with Crippen molar-refractivity contribution in [2.24, 2.45) is 0 Å². The first-order valence-electron chi connectivity index (χ1n) is 6.51. The molecule has 0 amide bonds. The average molecular weight is 336 g/mol. The van der Waals surface area contributed by atoms with Gasteiger partial charge in [0.05, 0.1) is 7.11 Å². The van der Waals surface area contributed by atoms with Crippen molar-refractivity contribution in [3.8, 4) is 11.5 Å². The van der Waals surface area contributed by atoms with Gasteiger partial charge in [-0.1, -0.05) is 46.3 Å². The number of benzene rings is 2. The average Bonchev–Trinajstić information content (AvgIpc) is 2.49. The summed E-state index contributed by atoms with van der Waals surface area (Å²) in [6.45, 7) is 2.20. The Morgan fingerprint density at radius 3 is 2.45 bits per heavy atom. The van der Waals surface area contributed by atoms with Crippen LogP contribution >= 0.6 is 15.9 Å². The Kier molecular flexibility index (Phi) is 5.89. The second-order valence-electron chi connectivity index (χ2n) is 4.27. The lowest BCUT2D eigenvalue weighted by atomic mass is 10.2. The van der Waals surface area contributed by atoms with Crippen molar-refractivity contribution >= 4 is 15.9 Å². The van der Waals surface area contributed by atoms with Crippen molar-refractivity contribution in [2.45, 2.75) is 6.54 Å². The van der Waals surface area contributed by atoms with Crippen molar-refractivity contribution < 1.29 is 9.47 Å². The summed E-state index contributed by atoms with van der Waals surface area (Å²) >= 11 is 3.53. The molecule has 0 aliphatic rings. The third-order valence-electron chi connectivity index (χ3n) is 2.88. The number of methoxy groups -OCH3 is 1. The van der Waals surface area contributed by atoms with E-state index in [0.717, 1.165) is 29.1 Å². The summed E-state index contributed by atoms with van der Waals surface area (Å²) in [7, 11) is 1.65. The Morgan fingerprint density at radius 2 is 1.70 bits per heavy atom. The minimum absolute atomic E-state index is 0.602. The second kappa shape index (κ2) is 7.92. The molecular formula is C16H18BrNO2. The van der Waals surface area contributed by atoms with Crippen LogP contribution in [0, 0.1) is 0 Å². The monoisotopic (exact) mass is 335 g/mol. The van der Waals surface area contributed by atoms with Crippen LogP contribution in [0.5, 0.6) is 11.5 Å². The summed E-state index contributed by atoms with van der Waals surface area (Å²) in [5, 5.41) is 3.35. The van der Waals surface area contributed by atoms with Crippen LogP contribution in [0.25, 0.3) is 0 Å². The molecular weight excluding hydrogens is 318 g/mol. The number of hydrogen-bond donors (Lipinski definition) is 1. The first kappa shape index (κ1) is 14.9. The van der Waals surface area contributed by atoms with Gasteiger partial charge in [0.15, 0.2) is 11.5 Å². The van der Waals surface area contributed by atoms with Crippen LogP contribution in [-0.2, 0) is 6.54 Å². The molecule has 0 bridgehead atoms. The lowest BCUT2D eigenvalue weighted by molar-refractivity contribution is 0.292. The molecule has 2 aromatic carbocycles. The topological polar surface area (TPSA) is 30.5 Å². The number of halogens is 1. The number of rotatable bonds is 7. The zero-order valence-electron chi connectivity index (χ0n) is 11.4. The van der Waals surface area contributed by atoms with Gasteiger partial charge in [-0.15, -0.1) is 0 Å². The van der Waals surface area contributed by atoms with Crippen LogP contribution < -0.4 is 14.8 Å². The van der Waals surface area contributed by atoms with Gasteiger partial charge < -0.3 is 14.8 Å². The second-order valence-corrected chi connectivity index (χ2v) is 5.12. The molecule has 0 saturated carbocycles. The summed E-state index contributed by atoms with van der Waals surface area (Å²) < 4.78 is 12.1. The standard InChI is InChI=1S/C16H18BrNO2/c1-19-15-8-4-5-9-16(15)20-11-10-18-12-13-6-2-3-7-14(13)17/h2-9,18H,10-12H2,1H3. The van der Waals surface area contributed by atoms with E-state index in [-0.39, 0.29) is 0 Å². The SMILES string of the molecule is COc1ccccc1OCCNCc1ccccc1Br. The maximum atomic E-state index is 5.70. The van der Waals surface area contributed by atoms with E-state index in [1.165, 1.54) is 5.56 Å². The molecule has 0 heterocycles. The Morgan fingerprint density at radius 1 is 1.00 bits per heavy atom.